The van der Waals surface area contributed by atoms with Gasteiger partial charge in [-0.3, -0.25) is 5.10 Å². The van der Waals surface area contributed by atoms with Crippen molar-refractivity contribution in [2.24, 2.45) is 0 Å². The van der Waals surface area contributed by atoms with E-state index in [4.69, 9.17) is 16.3 Å². The number of carbonyl (C=O) groups excluding carboxylic acids is 1. The van der Waals surface area contributed by atoms with Gasteiger partial charge in [-0.25, -0.2) is 4.79 Å². The second kappa shape index (κ2) is 5.92. The molecule has 6 nitrogen and oxygen atoms in total. The van der Waals surface area contributed by atoms with E-state index in [1.165, 1.54) is 0 Å². The zero-order valence-electron chi connectivity index (χ0n) is 13.6. The molecule has 0 radical (unpaired) electrons. The number of aromatic amines is 1. The normalized spacial score (nSPS) is 16.0. The van der Waals surface area contributed by atoms with Crippen molar-refractivity contribution in [3.63, 3.8) is 0 Å². The Morgan fingerprint density at radius 3 is 2.61 bits per heavy atom. The molecule has 0 spiro atoms. The zero-order valence-corrected chi connectivity index (χ0v) is 14.4. The molecule has 1 aromatic heterocycles. The van der Waals surface area contributed by atoms with Gasteiger partial charge in [-0.05, 0) is 32.9 Å². The molecule has 23 heavy (non-hydrogen) atoms. The van der Waals surface area contributed by atoms with Gasteiger partial charge in [0.15, 0.2) is 0 Å². The molecular weight excluding hydrogens is 316 g/mol. The van der Waals surface area contributed by atoms with Crippen molar-refractivity contribution < 1.29 is 9.53 Å². The molecule has 3 rings (SSSR count). The maximum atomic E-state index is 12.1. The molecule has 1 saturated heterocycles. The molecule has 0 aliphatic carbocycles. The van der Waals surface area contributed by atoms with Crippen LogP contribution in [0.2, 0.25) is 5.02 Å². The number of hydrogen-bond donors (Lipinski definition) is 1. The summed E-state index contributed by atoms with van der Waals surface area (Å²) >= 11 is 6.19. The Hall–Kier alpha value is -1.95. The molecule has 0 saturated carbocycles. The molecule has 1 fully saturated rings. The highest BCUT2D eigenvalue weighted by Gasteiger charge is 2.26. The average molecular weight is 337 g/mol. The van der Waals surface area contributed by atoms with Gasteiger partial charge in [-0.15, -0.1) is 0 Å². The number of benzene rings is 1. The van der Waals surface area contributed by atoms with Gasteiger partial charge in [0.2, 0.25) is 0 Å². The Morgan fingerprint density at radius 2 is 1.96 bits per heavy atom. The third-order valence-electron chi connectivity index (χ3n) is 3.77. The summed E-state index contributed by atoms with van der Waals surface area (Å²) in [5.41, 5.74) is 1.50. The van der Waals surface area contributed by atoms with Gasteiger partial charge in [-0.1, -0.05) is 11.6 Å². The summed E-state index contributed by atoms with van der Waals surface area (Å²) in [5, 5.41) is 8.75. The fraction of sp³-hybridized carbons (Fsp3) is 0.500. The minimum Gasteiger partial charge on any atom is -0.444 e. The number of carbonyl (C=O) groups is 1. The van der Waals surface area contributed by atoms with Crippen LogP contribution in [0.5, 0.6) is 0 Å². The van der Waals surface area contributed by atoms with E-state index >= 15 is 0 Å². The van der Waals surface area contributed by atoms with Crippen LogP contribution in [0.15, 0.2) is 18.3 Å². The molecule has 124 valence electrons. The first-order valence-corrected chi connectivity index (χ1v) is 8.07. The van der Waals surface area contributed by atoms with Crippen LogP contribution in [0.3, 0.4) is 0 Å². The number of piperazine rings is 1. The molecule has 2 heterocycles. The van der Waals surface area contributed by atoms with E-state index in [1.54, 1.807) is 11.1 Å². The van der Waals surface area contributed by atoms with Crippen molar-refractivity contribution in [3.05, 3.63) is 23.4 Å². The lowest BCUT2D eigenvalue weighted by Crippen LogP contribution is -2.50. The van der Waals surface area contributed by atoms with Crippen LogP contribution in [0.25, 0.3) is 10.9 Å². The van der Waals surface area contributed by atoms with Crippen LogP contribution in [0.4, 0.5) is 10.5 Å². The molecule has 1 aliphatic rings. The van der Waals surface area contributed by atoms with Crippen molar-refractivity contribution in [2.75, 3.05) is 31.1 Å². The van der Waals surface area contributed by atoms with Crippen molar-refractivity contribution >= 4 is 34.3 Å². The fourth-order valence-corrected chi connectivity index (χ4v) is 2.93. The van der Waals surface area contributed by atoms with E-state index in [1.807, 2.05) is 32.9 Å². The van der Waals surface area contributed by atoms with Gasteiger partial charge >= 0.3 is 6.09 Å². The number of hydrogen-bond acceptors (Lipinski definition) is 4. The van der Waals surface area contributed by atoms with Crippen molar-refractivity contribution in [2.45, 2.75) is 26.4 Å². The maximum Gasteiger partial charge on any atom is 0.410 e. The highest BCUT2D eigenvalue weighted by atomic mass is 35.5. The maximum absolute atomic E-state index is 12.1. The minimum atomic E-state index is -0.468. The van der Waals surface area contributed by atoms with E-state index < -0.39 is 5.60 Å². The van der Waals surface area contributed by atoms with Crippen molar-refractivity contribution in [1.82, 2.24) is 15.1 Å². The Morgan fingerprint density at radius 1 is 1.26 bits per heavy atom. The first kappa shape index (κ1) is 15.9. The largest absolute Gasteiger partial charge is 0.444 e. The number of nitrogens with zero attached hydrogens (tertiary/aromatic N) is 3. The van der Waals surface area contributed by atoms with Gasteiger partial charge < -0.3 is 14.5 Å². The standard InChI is InChI=1S/C16H21ClN4O2/c1-16(2,3)23-15(22)21-6-4-20(5-7-21)14-9-11(17)8-13-12(14)10-18-19-13/h8-10H,4-7H2,1-3H3,(H,18,19). The number of halogens is 1. The summed E-state index contributed by atoms with van der Waals surface area (Å²) < 4.78 is 5.43. The summed E-state index contributed by atoms with van der Waals surface area (Å²) in [5.74, 6) is 0. The zero-order chi connectivity index (χ0) is 16.6. The highest BCUT2D eigenvalue weighted by Crippen LogP contribution is 2.30. The molecule has 0 atom stereocenters. The fourth-order valence-electron chi connectivity index (χ4n) is 2.72. The lowest BCUT2D eigenvalue weighted by atomic mass is 10.2. The number of aromatic nitrogens is 2. The number of fused-ring (bicyclic) bond motifs is 1. The third kappa shape index (κ3) is 3.52. The second-order valence-corrected chi connectivity index (χ2v) is 7.15. The van der Waals surface area contributed by atoms with Crippen molar-refractivity contribution in [1.29, 1.82) is 0 Å². The molecule has 1 aliphatic heterocycles. The summed E-state index contributed by atoms with van der Waals surface area (Å²) in [7, 11) is 0. The minimum absolute atomic E-state index is 0.253. The van der Waals surface area contributed by atoms with Crippen LogP contribution in [-0.4, -0.2) is 53.0 Å². The van der Waals surface area contributed by atoms with E-state index in [0.717, 1.165) is 29.7 Å². The SMILES string of the molecule is CC(C)(C)OC(=O)N1CCN(c2cc(Cl)cc3[nH]ncc23)CC1. The number of anilines is 1. The molecule has 1 amide bonds. The van der Waals surface area contributed by atoms with Gasteiger partial charge in [0.1, 0.15) is 5.60 Å². The van der Waals surface area contributed by atoms with Crippen LogP contribution in [0.1, 0.15) is 20.8 Å². The highest BCUT2D eigenvalue weighted by molar-refractivity contribution is 6.31. The van der Waals surface area contributed by atoms with Crippen LogP contribution >= 0.6 is 11.6 Å². The molecule has 2 aromatic rings. The van der Waals surface area contributed by atoms with Crippen LogP contribution < -0.4 is 4.90 Å². The van der Waals surface area contributed by atoms with Gasteiger partial charge in [0.05, 0.1) is 11.7 Å². The summed E-state index contributed by atoms with van der Waals surface area (Å²) in [6.07, 6.45) is 1.55. The summed E-state index contributed by atoms with van der Waals surface area (Å²) in [4.78, 5) is 16.1. The van der Waals surface area contributed by atoms with E-state index in [9.17, 15) is 4.79 Å². The van der Waals surface area contributed by atoms with Crippen LogP contribution in [-0.2, 0) is 4.74 Å². The monoisotopic (exact) mass is 336 g/mol. The van der Waals surface area contributed by atoms with Gasteiger partial charge in [-0.2, -0.15) is 5.10 Å². The number of nitrogens with one attached hydrogen (secondary N) is 1. The molecular formula is C16H21ClN4O2. The van der Waals surface area contributed by atoms with E-state index in [2.05, 4.69) is 15.1 Å². The predicted molar refractivity (Wildman–Crippen MR) is 91.1 cm³/mol. The average Bonchev–Trinajstić information content (AvgIpc) is 2.93. The molecule has 1 N–H and O–H groups in total. The van der Waals surface area contributed by atoms with E-state index in [0.29, 0.717) is 18.1 Å². The first-order valence-electron chi connectivity index (χ1n) is 7.69. The van der Waals surface area contributed by atoms with Gasteiger partial charge in [0.25, 0.3) is 0 Å². The molecule has 0 unspecified atom stereocenters. The molecule has 1 aromatic carbocycles. The molecule has 0 bridgehead atoms. The van der Waals surface area contributed by atoms with E-state index in [-0.39, 0.29) is 6.09 Å². The predicted octanol–water partition coefficient (Wildman–Crippen LogP) is 3.27. The quantitative estimate of drug-likeness (QED) is 0.868. The topological polar surface area (TPSA) is 61.5 Å². The number of rotatable bonds is 1. The number of amides is 1. The molecule has 7 heteroatoms. The Kier molecular flexibility index (Phi) is 4.10. The van der Waals surface area contributed by atoms with Gasteiger partial charge in [0, 0.05) is 42.3 Å². The third-order valence-corrected chi connectivity index (χ3v) is 3.99. The number of ether oxygens (including phenoxy) is 1. The summed E-state index contributed by atoms with van der Waals surface area (Å²) in [6, 6.07) is 3.81. The lowest BCUT2D eigenvalue weighted by Gasteiger charge is -2.37. The summed E-state index contributed by atoms with van der Waals surface area (Å²) in [6.45, 7) is 8.36. The van der Waals surface area contributed by atoms with Crippen molar-refractivity contribution in [3.8, 4) is 0 Å². The Labute approximate surface area is 140 Å². The lowest BCUT2D eigenvalue weighted by molar-refractivity contribution is 0.0241. The second-order valence-electron chi connectivity index (χ2n) is 6.71. The smallest absolute Gasteiger partial charge is 0.410 e. The Balaban J connectivity index is 1.71. The number of H-pyrrole nitrogens is 1. The Bertz CT molecular complexity index is 714. The van der Waals surface area contributed by atoms with Crippen LogP contribution in [0, 0.1) is 0 Å². The first-order chi connectivity index (χ1) is 10.8.